The average molecular weight is 213 g/mol. The summed E-state index contributed by atoms with van der Waals surface area (Å²) in [5.74, 6) is 0. The fraction of sp³-hybridized carbons (Fsp3) is 0.909. The lowest BCUT2D eigenvalue weighted by Crippen LogP contribution is -2.53. The number of fused-ring (bicyclic) bond motifs is 2. The van der Waals surface area contributed by atoms with Crippen molar-refractivity contribution in [2.45, 2.75) is 57.7 Å². The molecular formula is C11H19NO3. The van der Waals surface area contributed by atoms with Crippen LogP contribution in [0, 0.1) is 5.41 Å². The summed E-state index contributed by atoms with van der Waals surface area (Å²) < 4.78 is 0. The molecule has 0 aromatic carbocycles. The molecule has 2 bridgehead atoms. The Hall–Kier alpha value is -0.770. The predicted molar refractivity (Wildman–Crippen MR) is 55.7 cm³/mol. The second-order valence-corrected chi connectivity index (χ2v) is 5.82. The summed E-state index contributed by atoms with van der Waals surface area (Å²) in [6.07, 6.45) is 1.40. The zero-order valence-corrected chi connectivity index (χ0v) is 9.53. The van der Waals surface area contributed by atoms with Gasteiger partial charge >= 0.3 is 6.09 Å². The Morgan fingerprint density at radius 3 is 2.33 bits per heavy atom. The number of carbonyl (C=O) groups is 1. The van der Waals surface area contributed by atoms with Gasteiger partial charge in [0.15, 0.2) is 0 Å². The number of carboxylic acid groups (broad SMARTS) is 1. The van der Waals surface area contributed by atoms with E-state index in [-0.39, 0.29) is 17.5 Å². The Morgan fingerprint density at radius 1 is 1.40 bits per heavy atom. The quantitative estimate of drug-likeness (QED) is 0.643. The Balaban J connectivity index is 2.32. The van der Waals surface area contributed by atoms with Crippen LogP contribution in [0.1, 0.15) is 40.0 Å². The largest absolute Gasteiger partial charge is 0.465 e. The first-order valence-electron chi connectivity index (χ1n) is 5.51. The highest BCUT2D eigenvalue weighted by Gasteiger charge is 2.61. The van der Waals surface area contributed by atoms with E-state index in [1.807, 2.05) is 20.8 Å². The number of hydrogen-bond acceptors (Lipinski definition) is 2. The first-order valence-corrected chi connectivity index (χ1v) is 5.51. The van der Waals surface area contributed by atoms with Crippen LogP contribution in [-0.4, -0.2) is 38.9 Å². The van der Waals surface area contributed by atoms with Crippen molar-refractivity contribution in [1.29, 1.82) is 0 Å². The van der Waals surface area contributed by atoms with Crippen LogP contribution in [0.2, 0.25) is 0 Å². The van der Waals surface area contributed by atoms with Crippen molar-refractivity contribution < 1.29 is 15.0 Å². The van der Waals surface area contributed by atoms with E-state index in [1.54, 1.807) is 0 Å². The molecule has 0 aromatic heterocycles. The van der Waals surface area contributed by atoms with Crippen LogP contribution < -0.4 is 0 Å². The van der Waals surface area contributed by atoms with Crippen LogP contribution in [0.15, 0.2) is 0 Å². The summed E-state index contributed by atoms with van der Waals surface area (Å²) in [6.45, 7) is 5.94. The predicted octanol–water partition coefficient (Wildman–Crippen LogP) is 1.68. The lowest BCUT2D eigenvalue weighted by molar-refractivity contribution is -0.0831. The van der Waals surface area contributed by atoms with E-state index >= 15 is 0 Å². The van der Waals surface area contributed by atoms with Crippen molar-refractivity contribution in [3.8, 4) is 0 Å². The highest BCUT2D eigenvalue weighted by atomic mass is 16.4. The van der Waals surface area contributed by atoms with Crippen LogP contribution in [0.25, 0.3) is 0 Å². The molecule has 2 saturated heterocycles. The molecule has 0 saturated carbocycles. The summed E-state index contributed by atoms with van der Waals surface area (Å²) in [5.41, 5.74) is -1.12. The van der Waals surface area contributed by atoms with Gasteiger partial charge in [0.1, 0.15) is 0 Å². The lowest BCUT2D eigenvalue weighted by Gasteiger charge is -2.42. The van der Waals surface area contributed by atoms with Gasteiger partial charge in [-0.25, -0.2) is 4.79 Å². The van der Waals surface area contributed by atoms with Crippen LogP contribution in [0.5, 0.6) is 0 Å². The molecule has 2 fully saturated rings. The van der Waals surface area contributed by atoms with Crippen molar-refractivity contribution in [3.63, 3.8) is 0 Å². The smallest absolute Gasteiger partial charge is 0.407 e. The van der Waals surface area contributed by atoms with Gasteiger partial charge in [0, 0.05) is 6.04 Å². The third-order valence-corrected chi connectivity index (χ3v) is 4.12. The molecule has 3 atom stereocenters. The average Bonchev–Trinajstić information content (AvgIpc) is 2.56. The fourth-order valence-corrected chi connectivity index (χ4v) is 3.14. The molecular weight excluding hydrogens is 194 g/mol. The minimum atomic E-state index is -0.886. The fourth-order valence-electron chi connectivity index (χ4n) is 3.14. The summed E-state index contributed by atoms with van der Waals surface area (Å²) in [5, 5.41) is 19.7. The maximum Gasteiger partial charge on any atom is 0.407 e. The summed E-state index contributed by atoms with van der Waals surface area (Å²) >= 11 is 0. The molecule has 0 radical (unpaired) electrons. The molecule has 15 heavy (non-hydrogen) atoms. The van der Waals surface area contributed by atoms with Gasteiger partial charge in [-0.3, -0.25) is 4.90 Å². The maximum absolute atomic E-state index is 11.1. The third-order valence-electron chi connectivity index (χ3n) is 4.12. The lowest BCUT2D eigenvalue weighted by atomic mass is 9.68. The molecule has 4 nitrogen and oxygen atoms in total. The van der Waals surface area contributed by atoms with Crippen molar-refractivity contribution in [2.24, 2.45) is 5.41 Å². The Labute approximate surface area is 89.9 Å². The van der Waals surface area contributed by atoms with Gasteiger partial charge in [-0.1, -0.05) is 20.8 Å². The SMILES string of the molecule is CC(C)(C)[C@@]1(O)C[C@@H]2CC[C@H]1N2C(=O)O. The van der Waals surface area contributed by atoms with Gasteiger partial charge in [-0.05, 0) is 24.7 Å². The van der Waals surface area contributed by atoms with E-state index in [2.05, 4.69) is 0 Å². The molecule has 0 aromatic rings. The maximum atomic E-state index is 11.1. The highest BCUT2D eigenvalue weighted by molar-refractivity contribution is 5.67. The van der Waals surface area contributed by atoms with Crippen molar-refractivity contribution in [3.05, 3.63) is 0 Å². The zero-order chi connectivity index (χ0) is 11.4. The molecule has 4 heteroatoms. The van der Waals surface area contributed by atoms with Gasteiger partial charge < -0.3 is 10.2 Å². The van der Waals surface area contributed by atoms with Crippen LogP contribution in [0.3, 0.4) is 0 Å². The molecule has 2 heterocycles. The van der Waals surface area contributed by atoms with Gasteiger partial charge in [0.25, 0.3) is 0 Å². The van der Waals surface area contributed by atoms with Crippen LogP contribution >= 0.6 is 0 Å². The molecule has 86 valence electrons. The number of aliphatic hydroxyl groups is 1. The molecule has 2 aliphatic rings. The number of amides is 1. The number of nitrogens with zero attached hydrogens (tertiary/aromatic N) is 1. The van der Waals surface area contributed by atoms with Gasteiger partial charge in [0.2, 0.25) is 0 Å². The van der Waals surface area contributed by atoms with E-state index in [0.717, 1.165) is 12.8 Å². The second kappa shape index (κ2) is 2.88. The van der Waals surface area contributed by atoms with Gasteiger partial charge in [-0.15, -0.1) is 0 Å². The summed E-state index contributed by atoms with van der Waals surface area (Å²) in [6, 6.07) is -0.184. The van der Waals surface area contributed by atoms with Crippen molar-refractivity contribution >= 4 is 6.09 Å². The number of rotatable bonds is 0. The normalized spacial score (nSPS) is 39.9. The van der Waals surface area contributed by atoms with E-state index in [0.29, 0.717) is 6.42 Å². The molecule has 0 unspecified atom stereocenters. The number of hydrogen-bond donors (Lipinski definition) is 2. The second-order valence-electron chi connectivity index (χ2n) is 5.82. The van der Waals surface area contributed by atoms with E-state index in [1.165, 1.54) is 4.90 Å². The Kier molecular flexibility index (Phi) is 2.06. The minimum Gasteiger partial charge on any atom is -0.465 e. The molecule has 2 rings (SSSR count). The van der Waals surface area contributed by atoms with Crippen molar-refractivity contribution in [2.75, 3.05) is 0 Å². The van der Waals surface area contributed by atoms with Crippen molar-refractivity contribution in [1.82, 2.24) is 4.90 Å². The standard InChI is InChI=1S/C11H19NO3/c1-10(2,3)11(15)6-7-4-5-8(11)12(7)9(13)14/h7-8,15H,4-6H2,1-3H3,(H,13,14)/t7-,8+,11+/m0/s1. The van der Waals surface area contributed by atoms with E-state index in [4.69, 9.17) is 5.11 Å². The zero-order valence-electron chi connectivity index (χ0n) is 9.53. The Morgan fingerprint density at radius 2 is 2.00 bits per heavy atom. The van der Waals surface area contributed by atoms with Gasteiger partial charge in [0.05, 0.1) is 11.6 Å². The Bertz CT molecular complexity index is 297. The minimum absolute atomic E-state index is 0.0247. The monoisotopic (exact) mass is 213 g/mol. The highest BCUT2D eigenvalue weighted by Crippen LogP contribution is 2.51. The van der Waals surface area contributed by atoms with Crippen LogP contribution in [0.4, 0.5) is 4.79 Å². The third kappa shape index (κ3) is 1.27. The van der Waals surface area contributed by atoms with Gasteiger partial charge in [-0.2, -0.15) is 0 Å². The summed E-state index contributed by atoms with van der Waals surface area (Å²) in [7, 11) is 0. The molecule has 2 N–H and O–H groups in total. The topological polar surface area (TPSA) is 60.8 Å². The molecule has 2 aliphatic heterocycles. The molecule has 0 aliphatic carbocycles. The van der Waals surface area contributed by atoms with Crippen LogP contribution in [-0.2, 0) is 0 Å². The first-order chi connectivity index (χ1) is 6.77. The first kappa shape index (κ1) is 10.7. The van der Waals surface area contributed by atoms with E-state index < -0.39 is 11.7 Å². The molecule has 0 spiro atoms. The summed E-state index contributed by atoms with van der Waals surface area (Å²) in [4.78, 5) is 12.6. The molecule has 1 amide bonds. The van der Waals surface area contributed by atoms with E-state index in [9.17, 15) is 9.90 Å².